The molecule has 5 heteroatoms. The number of aliphatic imine (C=N–C) groups is 1. The number of rotatable bonds is 4. The van der Waals surface area contributed by atoms with Crippen molar-refractivity contribution in [3.8, 4) is 0 Å². The summed E-state index contributed by atoms with van der Waals surface area (Å²) in [5.74, 6) is 0. The van der Waals surface area contributed by atoms with Crippen LogP contribution in [0.25, 0.3) is 0 Å². The van der Waals surface area contributed by atoms with Crippen LogP contribution in [0.2, 0.25) is 0 Å². The molecule has 0 aliphatic carbocycles. The number of nitro groups is 1. The second-order valence-corrected chi connectivity index (χ2v) is 3.86. The third-order valence-corrected chi connectivity index (χ3v) is 2.64. The summed E-state index contributed by atoms with van der Waals surface area (Å²) in [4.78, 5) is 14.6. The van der Waals surface area contributed by atoms with Crippen molar-refractivity contribution in [2.24, 2.45) is 4.99 Å². The minimum Gasteiger partial charge on any atom is -0.392 e. The molecule has 0 unspecified atom stereocenters. The van der Waals surface area contributed by atoms with Crippen LogP contribution in [0.15, 0.2) is 53.5 Å². The molecule has 0 bridgehead atoms. The first-order valence-corrected chi connectivity index (χ1v) is 5.68. The second-order valence-electron chi connectivity index (χ2n) is 3.86. The molecule has 0 aliphatic heterocycles. The van der Waals surface area contributed by atoms with Crippen LogP contribution >= 0.6 is 0 Å². The molecule has 0 amide bonds. The number of hydrogen-bond donors (Lipinski definition) is 1. The maximum atomic E-state index is 10.9. The van der Waals surface area contributed by atoms with E-state index in [4.69, 9.17) is 0 Å². The molecule has 0 radical (unpaired) electrons. The quantitative estimate of drug-likeness (QED) is 0.519. The lowest BCUT2D eigenvalue weighted by atomic mass is 10.2. The lowest BCUT2D eigenvalue weighted by Gasteiger charge is -2.01. The second kappa shape index (κ2) is 5.88. The molecule has 0 heterocycles. The average Bonchev–Trinajstić information content (AvgIpc) is 2.45. The number of para-hydroxylation sites is 2. The zero-order chi connectivity index (χ0) is 13.7. The first kappa shape index (κ1) is 12.9. The zero-order valence-corrected chi connectivity index (χ0v) is 10.1. The van der Waals surface area contributed by atoms with Gasteiger partial charge in [0.25, 0.3) is 5.69 Å². The standard InChI is InChI=1S/C14H12N2O3/c17-10-12-6-1-3-7-13(12)15-9-11-5-2-4-8-14(11)16(18)19/h1-9,17H,10H2. The third kappa shape index (κ3) is 3.02. The van der Waals surface area contributed by atoms with Gasteiger partial charge in [-0.2, -0.15) is 0 Å². The zero-order valence-electron chi connectivity index (χ0n) is 10.1. The molecule has 0 aromatic heterocycles. The molecular formula is C14H12N2O3. The highest BCUT2D eigenvalue weighted by Gasteiger charge is 2.10. The van der Waals surface area contributed by atoms with Crippen molar-refractivity contribution in [1.29, 1.82) is 0 Å². The van der Waals surface area contributed by atoms with Gasteiger partial charge >= 0.3 is 0 Å². The fourth-order valence-electron chi connectivity index (χ4n) is 1.67. The maximum absolute atomic E-state index is 10.9. The van der Waals surface area contributed by atoms with Crippen LogP contribution in [0, 0.1) is 10.1 Å². The van der Waals surface area contributed by atoms with Gasteiger partial charge in [-0.3, -0.25) is 15.1 Å². The SMILES string of the molecule is O=[N+]([O-])c1ccccc1C=Nc1ccccc1CO. The van der Waals surface area contributed by atoms with Crippen molar-refractivity contribution in [3.05, 3.63) is 69.8 Å². The Bertz CT molecular complexity index is 624. The van der Waals surface area contributed by atoms with Crippen LogP contribution < -0.4 is 0 Å². The van der Waals surface area contributed by atoms with Crippen molar-refractivity contribution < 1.29 is 10.0 Å². The summed E-state index contributed by atoms with van der Waals surface area (Å²) >= 11 is 0. The van der Waals surface area contributed by atoms with Crippen molar-refractivity contribution in [2.75, 3.05) is 0 Å². The van der Waals surface area contributed by atoms with Crippen LogP contribution in [0.3, 0.4) is 0 Å². The molecule has 0 atom stereocenters. The highest BCUT2D eigenvalue weighted by Crippen LogP contribution is 2.20. The van der Waals surface area contributed by atoms with Gasteiger partial charge in [-0.1, -0.05) is 30.3 Å². The van der Waals surface area contributed by atoms with Gasteiger partial charge in [0.1, 0.15) is 0 Å². The van der Waals surface area contributed by atoms with Crippen LogP contribution in [0.5, 0.6) is 0 Å². The van der Waals surface area contributed by atoms with Gasteiger partial charge in [-0.25, -0.2) is 0 Å². The molecular weight excluding hydrogens is 244 g/mol. The summed E-state index contributed by atoms with van der Waals surface area (Å²) < 4.78 is 0. The Morgan fingerprint density at radius 3 is 2.58 bits per heavy atom. The monoisotopic (exact) mass is 256 g/mol. The van der Waals surface area contributed by atoms with E-state index in [-0.39, 0.29) is 12.3 Å². The Hall–Kier alpha value is -2.53. The van der Waals surface area contributed by atoms with Gasteiger partial charge < -0.3 is 5.11 Å². The van der Waals surface area contributed by atoms with Gasteiger partial charge in [0.2, 0.25) is 0 Å². The molecule has 0 aliphatic rings. The molecule has 0 spiro atoms. The van der Waals surface area contributed by atoms with E-state index in [1.54, 1.807) is 42.5 Å². The van der Waals surface area contributed by atoms with Gasteiger partial charge in [0, 0.05) is 17.8 Å². The van der Waals surface area contributed by atoms with E-state index in [0.29, 0.717) is 16.8 Å². The molecule has 2 aromatic rings. The van der Waals surface area contributed by atoms with Crippen molar-refractivity contribution in [1.82, 2.24) is 0 Å². The lowest BCUT2D eigenvalue weighted by molar-refractivity contribution is -0.385. The molecule has 2 aromatic carbocycles. The fourth-order valence-corrected chi connectivity index (χ4v) is 1.67. The number of nitro benzene ring substituents is 1. The van der Waals surface area contributed by atoms with Gasteiger partial charge in [0.15, 0.2) is 0 Å². The Labute approximate surface area is 110 Å². The predicted molar refractivity (Wildman–Crippen MR) is 72.7 cm³/mol. The maximum Gasteiger partial charge on any atom is 0.278 e. The molecule has 0 fully saturated rings. The summed E-state index contributed by atoms with van der Waals surface area (Å²) in [5.41, 5.74) is 1.72. The summed E-state index contributed by atoms with van der Waals surface area (Å²) in [6.07, 6.45) is 1.44. The van der Waals surface area contributed by atoms with E-state index in [9.17, 15) is 15.2 Å². The van der Waals surface area contributed by atoms with Gasteiger partial charge in [-0.15, -0.1) is 0 Å². The number of aliphatic hydroxyl groups excluding tert-OH is 1. The molecule has 96 valence electrons. The van der Waals surface area contributed by atoms with E-state index in [0.717, 1.165) is 0 Å². The third-order valence-electron chi connectivity index (χ3n) is 2.64. The molecule has 0 saturated carbocycles. The fraction of sp³-hybridized carbons (Fsp3) is 0.0714. The minimum absolute atomic E-state index is 0.00716. The lowest BCUT2D eigenvalue weighted by Crippen LogP contribution is -1.93. The number of hydrogen-bond acceptors (Lipinski definition) is 4. The van der Waals surface area contributed by atoms with Crippen molar-refractivity contribution in [3.63, 3.8) is 0 Å². The Kier molecular flexibility index (Phi) is 4.00. The first-order valence-electron chi connectivity index (χ1n) is 5.68. The van der Waals surface area contributed by atoms with E-state index in [1.807, 2.05) is 0 Å². The van der Waals surface area contributed by atoms with Crippen molar-refractivity contribution >= 4 is 17.6 Å². The van der Waals surface area contributed by atoms with Gasteiger partial charge in [-0.05, 0) is 12.1 Å². The Morgan fingerprint density at radius 2 is 1.84 bits per heavy atom. The summed E-state index contributed by atoms with van der Waals surface area (Å²) in [6, 6.07) is 13.5. The van der Waals surface area contributed by atoms with Crippen LogP contribution in [-0.2, 0) is 6.61 Å². The smallest absolute Gasteiger partial charge is 0.278 e. The minimum atomic E-state index is -0.445. The highest BCUT2D eigenvalue weighted by molar-refractivity contribution is 5.87. The summed E-state index contributed by atoms with van der Waals surface area (Å²) in [7, 11) is 0. The predicted octanol–water partition coefficient (Wildman–Crippen LogP) is 2.84. The number of nitrogens with zero attached hydrogens (tertiary/aromatic N) is 2. The van der Waals surface area contributed by atoms with E-state index in [1.165, 1.54) is 12.3 Å². The van der Waals surface area contributed by atoms with E-state index in [2.05, 4.69) is 4.99 Å². The molecule has 19 heavy (non-hydrogen) atoms. The molecule has 2 rings (SSSR count). The van der Waals surface area contributed by atoms with E-state index < -0.39 is 4.92 Å². The van der Waals surface area contributed by atoms with Gasteiger partial charge in [0.05, 0.1) is 22.8 Å². The topological polar surface area (TPSA) is 75.7 Å². The van der Waals surface area contributed by atoms with Crippen LogP contribution in [0.1, 0.15) is 11.1 Å². The average molecular weight is 256 g/mol. The molecule has 1 N–H and O–H groups in total. The van der Waals surface area contributed by atoms with Crippen LogP contribution in [-0.4, -0.2) is 16.2 Å². The summed E-state index contributed by atoms with van der Waals surface area (Å²) in [5, 5.41) is 20.0. The van der Waals surface area contributed by atoms with Crippen molar-refractivity contribution in [2.45, 2.75) is 6.61 Å². The molecule has 5 nitrogen and oxygen atoms in total. The first-order chi connectivity index (χ1) is 9.22. The molecule has 0 saturated heterocycles. The van der Waals surface area contributed by atoms with E-state index >= 15 is 0 Å². The number of benzene rings is 2. The summed E-state index contributed by atoms with van der Waals surface area (Å²) in [6.45, 7) is -0.121. The highest BCUT2D eigenvalue weighted by atomic mass is 16.6. The largest absolute Gasteiger partial charge is 0.392 e. The Morgan fingerprint density at radius 1 is 1.16 bits per heavy atom. The Balaban J connectivity index is 2.35. The van der Waals surface area contributed by atoms with Crippen LogP contribution in [0.4, 0.5) is 11.4 Å². The number of aliphatic hydroxyl groups is 1. The normalized spacial score (nSPS) is 10.8.